The number of hydrogen-bond acceptors (Lipinski definition) is 3. The van der Waals surface area contributed by atoms with Crippen LogP contribution < -0.4 is 5.73 Å². The number of ether oxygens (including phenoxy) is 1. The maximum atomic E-state index is 6.17. The van der Waals surface area contributed by atoms with E-state index in [9.17, 15) is 0 Å². The van der Waals surface area contributed by atoms with Crippen LogP contribution in [0.2, 0.25) is 0 Å². The van der Waals surface area contributed by atoms with Crippen LogP contribution >= 0.6 is 15.9 Å². The third-order valence-electron chi connectivity index (χ3n) is 3.11. The molecule has 2 heterocycles. The van der Waals surface area contributed by atoms with Crippen LogP contribution in [0.3, 0.4) is 0 Å². The summed E-state index contributed by atoms with van der Waals surface area (Å²) in [6.07, 6.45) is 6.57. The minimum absolute atomic E-state index is 0.0334. The summed E-state index contributed by atoms with van der Waals surface area (Å²) in [6.45, 7) is 0.912. The average Bonchev–Trinajstić information content (AvgIpc) is 2.86. The van der Waals surface area contributed by atoms with Crippen LogP contribution in [0.5, 0.6) is 0 Å². The Morgan fingerprint density at radius 3 is 3.12 bits per heavy atom. The Labute approximate surface area is 104 Å². The lowest BCUT2D eigenvalue weighted by Crippen LogP contribution is -2.17. The molecular formula is C11H18BrN3O. The fourth-order valence-electron chi connectivity index (χ4n) is 2.21. The Bertz CT molecular complexity index is 327. The summed E-state index contributed by atoms with van der Waals surface area (Å²) in [6, 6.07) is 0.0334. The molecule has 1 aliphatic heterocycles. The van der Waals surface area contributed by atoms with Crippen LogP contribution in [0, 0.1) is 0 Å². The second-order valence-corrected chi connectivity index (χ2v) is 5.17. The summed E-state index contributed by atoms with van der Waals surface area (Å²) in [5.74, 6) is 0. The average molecular weight is 288 g/mol. The minimum Gasteiger partial charge on any atom is -0.378 e. The molecule has 2 unspecified atom stereocenters. The van der Waals surface area contributed by atoms with Gasteiger partial charge in [0.2, 0.25) is 0 Å². The Kier molecular flexibility index (Phi) is 4.00. The van der Waals surface area contributed by atoms with Crippen LogP contribution in [-0.4, -0.2) is 22.5 Å². The SMILES string of the molecule is Cn1ncc(Br)c1C(N)CCC1CCCO1. The van der Waals surface area contributed by atoms with Crippen LogP contribution in [0.25, 0.3) is 0 Å². The predicted molar refractivity (Wildman–Crippen MR) is 66.0 cm³/mol. The molecule has 0 radical (unpaired) electrons. The van der Waals surface area contributed by atoms with E-state index in [1.165, 1.54) is 12.8 Å². The highest BCUT2D eigenvalue weighted by molar-refractivity contribution is 9.10. The topological polar surface area (TPSA) is 53.1 Å². The Morgan fingerprint density at radius 2 is 2.56 bits per heavy atom. The first-order chi connectivity index (χ1) is 7.68. The highest BCUT2D eigenvalue weighted by atomic mass is 79.9. The molecule has 0 aromatic carbocycles. The van der Waals surface area contributed by atoms with Gasteiger partial charge in [-0.25, -0.2) is 0 Å². The molecule has 1 fully saturated rings. The van der Waals surface area contributed by atoms with Gasteiger partial charge in [0, 0.05) is 19.7 Å². The molecule has 2 rings (SSSR count). The molecule has 90 valence electrons. The van der Waals surface area contributed by atoms with Crippen molar-refractivity contribution in [3.63, 3.8) is 0 Å². The first-order valence-electron chi connectivity index (χ1n) is 5.73. The van der Waals surface area contributed by atoms with Gasteiger partial charge in [0.05, 0.1) is 22.5 Å². The number of nitrogens with zero attached hydrogens (tertiary/aromatic N) is 2. The zero-order valence-corrected chi connectivity index (χ0v) is 11.1. The molecule has 0 aliphatic carbocycles. The van der Waals surface area contributed by atoms with E-state index < -0.39 is 0 Å². The largest absolute Gasteiger partial charge is 0.378 e. The molecule has 1 aromatic heterocycles. The molecular weight excluding hydrogens is 270 g/mol. The highest BCUT2D eigenvalue weighted by Gasteiger charge is 2.19. The molecule has 0 spiro atoms. The van der Waals surface area contributed by atoms with Gasteiger partial charge >= 0.3 is 0 Å². The normalized spacial score (nSPS) is 22.6. The van der Waals surface area contributed by atoms with Crippen LogP contribution in [-0.2, 0) is 11.8 Å². The van der Waals surface area contributed by atoms with E-state index in [-0.39, 0.29) is 6.04 Å². The van der Waals surface area contributed by atoms with Gasteiger partial charge in [0.15, 0.2) is 0 Å². The lowest BCUT2D eigenvalue weighted by molar-refractivity contribution is 0.100. The lowest BCUT2D eigenvalue weighted by Gasteiger charge is -2.15. The summed E-state index contributed by atoms with van der Waals surface area (Å²) < 4.78 is 8.42. The smallest absolute Gasteiger partial charge is 0.0690 e. The third-order valence-corrected chi connectivity index (χ3v) is 3.72. The van der Waals surface area contributed by atoms with Gasteiger partial charge in [-0.3, -0.25) is 4.68 Å². The number of halogens is 1. The van der Waals surface area contributed by atoms with Crippen molar-refractivity contribution in [2.75, 3.05) is 6.61 Å². The molecule has 0 amide bonds. The maximum absolute atomic E-state index is 6.17. The van der Waals surface area contributed by atoms with Crippen molar-refractivity contribution in [2.45, 2.75) is 37.8 Å². The molecule has 0 saturated carbocycles. The van der Waals surface area contributed by atoms with Crippen LogP contribution in [0.15, 0.2) is 10.7 Å². The van der Waals surface area contributed by atoms with E-state index in [1.54, 1.807) is 6.20 Å². The van der Waals surface area contributed by atoms with E-state index in [0.29, 0.717) is 6.10 Å². The van der Waals surface area contributed by atoms with Gasteiger partial charge in [-0.15, -0.1) is 0 Å². The fourth-order valence-corrected chi connectivity index (χ4v) is 2.85. The molecule has 1 aliphatic rings. The summed E-state index contributed by atoms with van der Waals surface area (Å²) in [5.41, 5.74) is 7.24. The fraction of sp³-hybridized carbons (Fsp3) is 0.727. The molecule has 1 saturated heterocycles. The van der Waals surface area contributed by atoms with Crippen LogP contribution in [0.1, 0.15) is 37.4 Å². The van der Waals surface area contributed by atoms with Gasteiger partial charge < -0.3 is 10.5 Å². The van der Waals surface area contributed by atoms with Gasteiger partial charge in [-0.05, 0) is 41.6 Å². The number of hydrogen-bond donors (Lipinski definition) is 1. The summed E-state index contributed by atoms with van der Waals surface area (Å²) in [7, 11) is 1.92. The van der Waals surface area contributed by atoms with Crippen molar-refractivity contribution in [3.05, 3.63) is 16.4 Å². The maximum Gasteiger partial charge on any atom is 0.0690 e. The van der Waals surface area contributed by atoms with Crippen molar-refractivity contribution < 1.29 is 4.74 Å². The Balaban J connectivity index is 1.89. The molecule has 16 heavy (non-hydrogen) atoms. The van der Waals surface area contributed by atoms with Crippen molar-refractivity contribution in [3.8, 4) is 0 Å². The van der Waals surface area contributed by atoms with E-state index in [0.717, 1.165) is 29.6 Å². The lowest BCUT2D eigenvalue weighted by atomic mass is 10.0. The van der Waals surface area contributed by atoms with Gasteiger partial charge in [-0.1, -0.05) is 0 Å². The van der Waals surface area contributed by atoms with Gasteiger partial charge in [0.1, 0.15) is 0 Å². The zero-order chi connectivity index (χ0) is 11.5. The number of aromatic nitrogens is 2. The van der Waals surface area contributed by atoms with Gasteiger partial charge in [0.25, 0.3) is 0 Å². The summed E-state index contributed by atoms with van der Waals surface area (Å²) >= 11 is 3.48. The second kappa shape index (κ2) is 5.29. The monoisotopic (exact) mass is 287 g/mol. The van der Waals surface area contributed by atoms with Crippen molar-refractivity contribution in [1.82, 2.24) is 9.78 Å². The minimum atomic E-state index is 0.0334. The molecule has 0 bridgehead atoms. The summed E-state index contributed by atoms with van der Waals surface area (Å²) in [4.78, 5) is 0. The zero-order valence-electron chi connectivity index (χ0n) is 9.53. The van der Waals surface area contributed by atoms with Crippen molar-refractivity contribution >= 4 is 15.9 Å². The molecule has 4 nitrogen and oxygen atoms in total. The van der Waals surface area contributed by atoms with E-state index >= 15 is 0 Å². The van der Waals surface area contributed by atoms with Crippen LogP contribution in [0.4, 0.5) is 0 Å². The quantitative estimate of drug-likeness (QED) is 0.923. The highest BCUT2D eigenvalue weighted by Crippen LogP contribution is 2.26. The van der Waals surface area contributed by atoms with Crippen molar-refractivity contribution in [1.29, 1.82) is 0 Å². The van der Waals surface area contributed by atoms with E-state index in [1.807, 2.05) is 11.7 Å². The first kappa shape index (κ1) is 12.1. The number of aryl methyl sites for hydroxylation is 1. The van der Waals surface area contributed by atoms with Crippen molar-refractivity contribution in [2.24, 2.45) is 12.8 Å². The first-order valence-corrected chi connectivity index (χ1v) is 6.52. The number of rotatable bonds is 4. The molecule has 2 N–H and O–H groups in total. The summed E-state index contributed by atoms with van der Waals surface area (Å²) in [5, 5.41) is 4.18. The predicted octanol–water partition coefficient (Wildman–Crippen LogP) is 2.14. The number of nitrogens with two attached hydrogens (primary N) is 1. The Morgan fingerprint density at radius 1 is 1.75 bits per heavy atom. The molecule has 5 heteroatoms. The van der Waals surface area contributed by atoms with Gasteiger partial charge in [-0.2, -0.15) is 5.10 Å². The second-order valence-electron chi connectivity index (χ2n) is 4.32. The Hall–Kier alpha value is -0.390. The third kappa shape index (κ3) is 2.64. The molecule has 2 atom stereocenters. The standard InChI is InChI=1S/C11H18BrN3O/c1-15-11(9(12)7-14-15)10(13)5-4-8-3-2-6-16-8/h7-8,10H,2-6,13H2,1H3. The molecule has 1 aromatic rings. The van der Waals surface area contributed by atoms with E-state index in [4.69, 9.17) is 10.5 Å². The van der Waals surface area contributed by atoms with E-state index in [2.05, 4.69) is 21.0 Å².